The first-order valence-electron chi connectivity index (χ1n) is 8.03. The van der Waals surface area contributed by atoms with Gasteiger partial charge in [0, 0.05) is 25.6 Å². The van der Waals surface area contributed by atoms with Crippen LogP contribution in [0.2, 0.25) is 0 Å². The van der Waals surface area contributed by atoms with Crippen LogP contribution >= 0.6 is 12.4 Å². The molecule has 2 rings (SSSR count). The first-order valence-corrected chi connectivity index (χ1v) is 8.03. The number of hydrogen-bond acceptors (Lipinski definition) is 3. The van der Waals surface area contributed by atoms with Gasteiger partial charge in [-0.1, -0.05) is 60.7 Å². The van der Waals surface area contributed by atoms with Crippen molar-refractivity contribution in [2.24, 2.45) is 5.73 Å². The van der Waals surface area contributed by atoms with Crippen molar-refractivity contribution in [3.8, 4) is 0 Å². The van der Waals surface area contributed by atoms with Crippen LogP contribution in [0.4, 0.5) is 0 Å². The van der Waals surface area contributed by atoms with E-state index in [4.69, 9.17) is 5.73 Å². The van der Waals surface area contributed by atoms with Gasteiger partial charge in [-0.3, -0.25) is 9.59 Å². The molecule has 0 aliphatic rings. The van der Waals surface area contributed by atoms with Gasteiger partial charge < -0.3 is 16.4 Å². The fourth-order valence-corrected chi connectivity index (χ4v) is 2.29. The Morgan fingerprint density at radius 2 is 1.48 bits per heavy atom. The maximum Gasteiger partial charge on any atom is 0.224 e. The van der Waals surface area contributed by atoms with Crippen molar-refractivity contribution in [3.63, 3.8) is 0 Å². The lowest BCUT2D eigenvalue weighted by Gasteiger charge is -2.13. The van der Waals surface area contributed by atoms with Gasteiger partial charge in [-0.15, -0.1) is 12.4 Å². The molecule has 1 unspecified atom stereocenters. The van der Waals surface area contributed by atoms with E-state index in [1.54, 1.807) is 0 Å². The molecule has 4 N–H and O–H groups in total. The zero-order valence-corrected chi connectivity index (χ0v) is 14.8. The first kappa shape index (κ1) is 20.7. The lowest BCUT2D eigenvalue weighted by molar-refractivity contribution is -0.122. The molecule has 134 valence electrons. The van der Waals surface area contributed by atoms with E-state index in [0.29, 0.717) is 19.5 Å². The van der Waals surface area contributed by atoms with Crippen molar-refractivity contribution < 1.29 is 9.59 Å². The summed E-state index contributed by atoms with van der Waals surface area (Å²) in [6, 6.07) is 18.9. The Kier molecular flexibility index (Phi) is 9.29. The quantitative estimate of drug-likeness (QED) is 0.672. The van der Waals surface area contributed by atoms with Crippen LogP contribution in [0.5, 0.6) is 0 Å². The van der Waals surface area contributed by atoms with Gasteiger partial charge in [-0.05, 0) is 11.1 Å². The Labute approximate surface area is 154 Å². The summed E-state index contributed by atoms with van der Waals surface area (Å²) in [4.78, 5) is 23.6. The molecule has 0 spiro atoms. The Hall–Kier alpha value is -2.37. The molecule has 5 nitrogen and oxygen atoms in total. The number of carbonyl (C=O) groups excluding carboxylic acids is 2. The van der Waals surface area contributed by atoms with Crippen molar-refractivity contribution in [1.29, 1.82) is 0 Å². The molecule has 0 aromatic heterocycles. The van der Waals surface area contributed by atoms with E-state index in [9.17, 15) is 9.59 Å². The molecule has 1 atom stereocenters. The van der Waals surface area contributed by atoms with E-state index in [-0.39, 0.29) is 36.7 Å². The van der Waals surface area contributed by atoms with Crippen molar-refractivity contribution in [2.45, 2.75) is 18.9 Å². The summed E-state index contributed by atoms with van der Waals surface area (Å²) < 4.78 is 0. The maximum atomic E-state index is 11.8. The predicted molar refractivity (Wildman–Crippen MR) is 101 cm³/mol. The van der Waals surface area contributed by atoms with Gasteiger partial charge in [0.05, 0.1) is 6.42 Å². The van der Waals surface area contributed by atoms with Gasteiger partial charge in [0.2, 0.25) is 11.8 Å². The minimum Gasteiger partial charge on any atom is -0.355 e. The lowest BCUT2D eigenvalue weighted by atomic mass is 10.1. The number of benzene rings is 2. The largest absolute Gasteiger partial charge is 0.355 e. The molecule has 0 heterocycles. The number of rotatable bonds is 8. The lowest BCUT2D eigenvalue weighted by Crippen LogP contribution is -2.35. The van der Waals surface area contributed by atoms with E-state index in [2.05, 4.69) is 10.6 Å². The minimum absolute atomic E-state index is 0. The van der Waals surface area contributed by atoms with Gasteiger partial charge in [0.15, 0.2) is 0 Å². The average Bonchev–Trinajstić information content (AvgIpc) is 2.61. The fraction of sp³-hybridized carbons (Fsp3) is 0.263. The average molecular weight is 362 g/mol. The normalized spacial score (nSPS) is 11.1. The Balaban J connectivity index is 0.00000312. The van der Waals surface area contributed by atoms with Crippen LogP contribution in [0.3, 0.4) is 0 Å². The summed E-state index contributed by atoms with van der Waals surface area (Å²) in [6.07, 6.45) is 0.559. The molecule has 2 aromatic rings. The van der Waals surface area contributed by atoms with Gasteiger partial charge >= 0.3 is 0 Å². The van der Waals surface area contributed by atoms with Crippen molar-refractivity contribution in [3.05, 3.63) is 71.8 Å². The van der Waals surface area contributed by atoms with Gasteiger partial charge in [-0.2, -0.15) is 0 Å². The first-order chi connectivity index (χ1) is 11.6. The van der Waals surface area contributed by atoms with Crippen molar-refractivity contribution in [2.75, 3.05) is 13.1 Å². The van der Waals surface area contributed by atoms with Crippen molar-refractivity contribution >= 4 is 24.2 Å². The molecule has 0 bridgehead atoms. The number of amides is 2. The highest BCUT2D eigenvalue weighted by Gasteiger charge is 2.08. The second kappa shape index (κ2) is 11.2. The predicted octanol–water partition coefficient (Wildman–Crippen LogP) is 1.97. The Morgan fingerprint density at radius 1 is 0.880 bits per heavy atom. The Bertz CT molecular complexity index is 650. The van der Waals surface area contributed by atoms with Crippen LogP contribution in [0, 0.1) is 0 Å². The summed E-state index contributed by atoms with van der Waals surface area (Å²) in [6.45, 7) is 0.693. The SMILES string of the molecule is Cl.NC(CNC(=O)CCNC(=O)Cc1ccccc1)c1ccccc1. The second-order valence-corrected chi connectivity index (χ2v) is 5.58. The molecule has 0 aliphatic heterocycles. The molecule has 6 heteroatoms. The number of hydrogen-bond donors (Lipinski definition) is 3. The molecule has 0 saturated carbocycles. The summed E-state index contributed by atoms with van der Waals surface area (Å²) >= 11 is 0. The molecule has 2 amide bonds. The fourth-order valence-electron chi connectivity index (χ4n) is 2.29. The van der Waals surface area contributed by atoms with Crippen LogP contribution in [0.25, 0.3) is 0 Å². The number of halogens is 1. The van der Waals surface area contributed by atoms with Gasteiger partial charge in [0.1, 0.15) is 0 Å². The third-order valence-electron chi connectivity index (χ3n) is 3.63. The summed E-state index contributed by atoms with van der Waals surface area (Å²) in [5.41, 5.74) is 7.95. The number of nitrogens with one attached hydrogen (secondary N) is 2. The van der Waals surface area contributed by atoms with Crippen molar-refractivity contribution in [1.82, 2.24) is 10.6 Å². The molecular weight excluding hydrogens is 338 g/mol. The van der Waals surface area contributed by atoms with Crippen LogP contribution in [-0.2, 0) is 16.0 Å². The number of carbonyl (C=O) groups is 2. The zero-order chi connectivity index (χ0) is 17.2. The molecular formula is C19H24ClN3O2. The molecule has 0 radical (unpaired) electrons. The van der Waals surface area contributed by atoms with Crippen LogP contribution in [-0.4, -0.2) is 24.9 Å². The molecule has 2 aromatic carbocycles. The standard InChI is InChI=1S/C19H23N3O2.ClH/c20-17(16-9-5-2-6-10-16)14-22-18(23)11-12-21-19(24)13-15-7-3-1-4-8-15;/h1-10,17H,11-14,20H2,(H,21,24)(H,22,23);1H. The van der Waals surface area contributed by atoms with Crippen LogP contribution in [0.15, 0.2) is 60.7 Å². The van der Waals surface area contributed by atoms with Gasteiger partial charge in [-0.25, -0.2) is 0 Å². The second-order valence-electron chi connectivity index (χ2n) is 5.58. The summed E-state index contributed by atoms with van der Waals surface area (Å²) in [5.74, 6) is -0.212. The highest BCUT2D eigenvalue weighted by molar-refractivity contribution is 5.85. The molecule has 25 heavy (non-hydrogen) atoms. The van der Waals surface area contributed by atoms with E-state index in [1.165, 1.54) is 0 Å². The van der Waals surface area contributed by atoms with Crippen LogP contribution in [0.1, 0.15) is 23.6 Å². The third-order valence-corrected chi connectivity index (χ3v) is 3.63. The van der Waals surface area contributed by atoms with Gasteiger partial charge in [0.25, 0.3) is 0 Å². The highest BCUT2D eigenvalue weighted by Crippen LogP contribution is 2.07. The monoisotopic (exact) mass is 361 g/mol. The van der Waals surface area contributed by atoms with E-state index in [0.717, 1.165) is 11.1 Å². The highest BCUT2D eigenvalue weighted by atomic mass is 35.5. The minimum atomic E-state index is -0.233. The molecule has 0 aliphatic carbocycles. The molecule has 0 saturated heterocycles. The number of nitrogens with two attached hydrogens (primary N) is 1. The van der Waals surface area contributed by atoms with E-state index >= 15 is 0 Å². The Morgan fingerprint density at radius 3 is 2.12 bits per heavy atom. The molecule has 0 fully saturated rings. The summed E-state index contributed by atoms with van der Waals surface area (Å²) in [7, 11) is 0. The van der Waals surface area contributed by atoms with E-state index in [1.807, 2.05) is 60.7 Å². The van der Waals surface area contributed by atoms with Crippen LogP contribution < -0.4 is 16.4 Å². The smallest absolute Gasteiger partial charge is 0.224 e. The zero-order valence-electron chi connectivity index (χ0n) is 14.0. The summed E-state index contributed by atoms with van der Waals surface area (Å²) in [5, 5.41) is 5.54. The topological polar surface area (TPSA) is 84.2 Å². The third kappa shape index (κ3) is 7.83. The maximum absolute atomic E-state index is 11.8. The van der Waals surface area contributed by atoms with E-state index < -0.39 is 0 Å².